The van der Waals surface area contributed by atoms with Gasteiger partial charge in [0.05, 0.1) is 24.0 Å². The Hall–Kier alpha value is -1.51. The van der Waals surface area contributed by atoms with Crippen LogP contribution in [0.4, 0.5) is 0 Å². The molecule has 3 heterocycles. The normalized spacial score (nSPS) is 27.7. The lowest BCUT2D eigenvalue weighted by molar-refractivity contribution is -0.157. The van der Waals surface area contributed by atoms with Crippen molar-refractivity contribution in [3.8, 4) is 0 Å². The fourth-order valence-corrected chi connectivity index (χ4v) is 5.11. The van der Waals surface area contributed by atoms with Crippen LogP contribution in [0, 0.1) is 11.3 Å². The number of esters is 1. The molecule has 0 bridgehead atoms. The van der Waals surface area contributed by atoms with Gasteiger partial charge in [-0.3, -0.25) is 14.7 Å². The van der Waals surface area contributed by atoms with Crippen LogP contribution >= 0.6 is 0 Å². The molecule has 2 saturated heterocycles. The van der Waals surface area contributed by atoms with Crippen molar-refractivity contribution in [2.75, 3.05) is 39.0 Å². The average molecular weight is 381 g/mol. The molecule has 1 aromatic rings. The lowest BCUT2D eigenvalue weighted by Crippen LogP contribution is -2.42. The van der Waals surface area contributed by atoms with Crippen LogP contribution < -0.4 is 0 Å². The van der Waals surface area contributed by atoms with Gasteiger partial charge in [0.1, 0.15) is 0 Å². The minimum absolute atomic E-state index is 0.0671. The number of sulfonamides is 1. The van der Waals surface area contributed by atoms with Gasteiger partial charge in [-0.25, -0.2) is 12.7 Å². The van der Waals surface area contributed by atoms with Crippen molar-refractivity contribution in [3.63, 3.8) is 0 Å². The number of fused-ring (bicyclic) bond motifs is 1. The van der Waals surface area contributed by atoms with E-state index in [9.17, 15) is 13.2 Å². The number of carbonyl (C=O) groups is 1. The number of ether oxygens (including phenoxy) is 1. The van der Waals surface area contributed by atoms with Gasteiger partial charge in [0.15, 0.2) is 0 Å². The van der Waals surface area contributed by atoms with Gasteiger partial charge < -0.3 is 4.74 Å². The smallest absolute Gasteiger partial charge is 0.313 e. The highest BCUT2D eigenvalue weighted by molar-refractivity contribution is 7.88. The molecular formula is C18H27N3O4S. The minimum Gasteiger partial charge on any atom is -0.466 e. The molecule has 2 fully saturated rings. The van der Waals surface area contributed by atoms with E-state index in [1.807, 2.05) is 18.2 Å². The highest BCUT2D eigenvalue weighted by atomic mass is 32.2. The van der Waals surface area contributed by atoms with Crippen LogP contribution in [0.5, 0.6) is 0 Å². The summed E-state index contributed by atoms with van der Waals surface area (Å²) in [6.07, 6.45) is 4.47. The molecule has 0 aromatic carbocycles. The van der Waals surface area contributed by atoms with Crippen LogP contribution in [-0.2, 0) is 26.1 Å². The molecule has 2 aliphatic heterocycles. The van der Waals surface area contributed by atoms with Gasteiger partial charge >= 0.3 is 5.97 Å². The molecule has 7 nitrogen and oxygen atoms in total. The predicted molar refractivity (Wildman–Crippen MR) is 97.7 cm³/mol. The summed E-state index contributed by atoms with van der Waals surface area (Å²) >= 11 is 0. The van der Waals surface area contributed by atoms with Crippen molar-refractivity contribution in [1.82, 2.24) is 14.2 Å². The summed E-state index contributed by atoms with van der Waals surface area (Å²) in [7, 11) is -3.34. The van der Waals surface area contributed by atoms with E-state index in [0.717, 1.165) is 18.7 Å². The summed E-state index contributed by atoms with van der Waals surface area (Å²) in [6, 6.07) is 5.84. The van der Waals surface area contributed by atoms with E-state index in [0.29, 0.717) is 32.7 Å². The Morgan fingerprint density at radius 3 is 2.85 bits per heavy atom. The lowest BCUT2D eigenvalue weighted by atomic mass is 9.75. The second-order valence-electron chi connectivity index (χ2n) is 7.29. The number of rotatable bonds is 5. The van der Waals surface area contributed by atoms with Gasteiger partial charge in [0, 0.05) is 38.3 Å². The third kappa shape index (κ3) is 3.92. The van der Waals surface area contributed by atoms with E-state index < -0.39 is 15.4 Å². The highest BCUT2D eigenvalue weighted by Crippen LogP contribution is 2.44. The zero-order chi connectivity index (χ0) is 18.8. The third-order valence-corrected chi connectivity index (χ3v) is 6.72. The van der Waals surface area contributed by atoms with Crippen molar-refractivity contribution in [2.45, 2.75) is 26.3 Å². The number of likely N-dealkylation sites (tertiary alicyclic amines) is 1. The van der Waals surface area contributed by atoms with Gasteiger partial charge in [0.2, 0.25) is 10.0 Å². The lowest BCUT2D eigenvalue weighted by Gasteiger charge is -2.31. The molecule has 0 aliphatic carbocycles. The molecule has 0 amide bonds. The summed E-state index contributed by atoms with van der Waals surface area (Å²) < 4.78 is 31.0. The molecule has 0 saturated carbocycles. The van der Waals surface area contributed by atoms with Crippen molar-refractivity contribution in [3.05, 3.63) is 30.1 Å². The number of hydrogen-bond donors (Lipinski definition) is 0. The summed E-state index contributed by atoms with van der Waals surface area (Å²) in [6.45, 7) is 4.94. The maximum atomic E-state index is 12.8. The Labute approximate surface area is 155 Å². The fourth-order valence-electron chi connectivity index (χ4n) is 4.19. The van der Waals surface area contributed by atoms with E-state index in [4.69, 9.17) is 4.74 Å². The van der Waals surface area contributed by atoms with Gasteiger partial charge in [-0.15, -0.1) is 0 Å². The quantitative estimate of drug-likeness (QED) is 0.711. The molecule has 0 unspecified atom stereocenters. The summed E-state index contributed by atoms with van der Waals surface area (Å²) in [5.41, 5.74) is 0.243. The van der Waals surface area contributed by atoms with Crippen molar-refractivity contribution >= 4 is 16.0 Å². The van der Waals surface area contributed by atoms with E-state index in [1.165, 1.54) is 10.6 Å². The number of nitrogens with zero attached hydrogens (tertiary/aromatic N) is 3. The summed E-state index contributed by atoms with van der Waals surface area (Å²) in [4.78, 5) is 19.5. The Balaban J connectivity index is 1.84. The molecule has 2 aliphatic rings. The maximum absolute atomic E-state index is 12.8. The van der Waals surface area contributed by atoms with Crippen LogP contribution in [-0.4, -0.2) is 67.6 Å². The Kier molecular flexibility index (Phi) is 5.64. The second-order valence-corrected chi connectivity index (χ2v) is 9.27. The van der Waals surface area contributed by atoms with Gasteiger partial charge in [-0.2, -0.15) is 0 Å². The molecule has 8 heteroatoms. The van der Waals surface area contributed by atoms with Crippen LogP contribution in [0.2, 0.25) is 0 Å². The molecule has 3 rings (SSSR count). The second kappa shape index (κ2) is 7.62. The average Bonchev–Trinajstić information content (AvgIpc) is 2.87. The van der Waals surface area contributed by atoms with Gasteiger partial charge in [-0.05, 0) is 38.4 Å². The Morgan fingerprint density at radius 1 is 1.38 bits per heavy atom. The first-order valence-electron chi connectivity index (χ1n) is 9.10. The van der Waals surface area contributed by atoms with E-state index in [2.05, 4.69) is 9.88 Å². The Morgan fingerprint density at radius 2 is 2.19 bits per heavy atom. The van der Waals surface area contributed by atoms with Gasteiger partial charge in [0.25, 0.3) is 0 Å². The topological polar surface area (TPSA) is 79.8 Å². The van der Waals surface area contributed by atoms with E-state index in [1.54, 1.807) is 13.1 Å². The van der Waals surface area contributed by atoms with Gasteiger partial charge in [-0.1, -0.05) is 6.07 Å². The van der Waals surface area contributed by atoms with Crippen molar-refractivity contribution in [2.24, 2.45) is 11.3 Å². The van der Waals surface area contributed by atoms with Crippen LogP contribution in [0.15, 0.2) is 24.4 Å². The molecule has 26 heavy (non-hydrogen) atoms. The minimum atomic E-state index is -3.34. The first kappa shape index (κ1) is 19.3. The zero-order valence-electron chi connectivity index (χ0n) is 15.4. The van der Waals surface area contributed by atoms with Crippen LogP contribution in [0.25, 0.3) is 0 Å². The standard InChI is InChI=1S/C18H27N3O4S/c1-3-25-17(22)18-8-6-10-20(13-16-7-4-5-9-19-16)11-15(18)12-21(14-18)26(2,23)24/h4-5,7,9,15H,3,6,8,10-14H2,1-2H3/t15-,18-/m0/s1. The number of carbonyl (C=O) groups excluding carboxylic acids is 1. The molecule has 144 valence electrons. The summed E-state index contributed by atoms with van der Waals surface area (Å²) in [5, 5.41) is 0. The number of pyridine rings is 1. The largest absolute Gasteiger partial charge is 0.466 e. The van der Waals surface area contributed by atoms with E-state index in [-0.39, 0.29) is 18.4 Å². The van der Waals surface area contributed by atoms with Crippen molar-refractivity contribution in [1.29, 1.82) is 0 Å². The monoisotopic (exact) mass is 381 g/mol. The number of hydrogen-bond acceptors (Lipinski definition) is 6. The highest BCUT2D eigenvalue weighted by Gasteiger charge is 2.55. The molecule has 0 N–H and O–H groups in total. The third-order valence-electron chi connectivity index (χ3n) is 5.50. The number of aromatic nitrogens is 1. The summed E-state index contributed by atoms with van der Waals surface area (Å²) in [5.74, 6) is -0.321. The molecule has 0 radical (unpaired) electrons. The Bertz CT molecular complexity index is 740. The first-order valence-corrected chi connectivity index (χ1v) is 10.9. The maximum Gasteiger partial charge on any atom is 0.313 e. The molecule has 1 aromatic heterocycles. The van der Waals surface area contributed by atoms with E-state index >= 15 is 0 Å². The van der Waals surface area contributed by atoms with Crippen LogP contribution in [0.1, 0.15) is 25.5 Å². The fraction of sp³-hybridized carbons (Fsp3) is 0.667. The molecule has 2 atom stereocenters. The first-order chi connectivity index (χ1) is 12.3. The van der Waals surface area contributed by atoms with Crippen LogP contribution in [0.3, 0.4) is 0 Å². The molecule has 0 spiro atoms. The predicted octanol–water partition coefficient (Wildman–Crippen LogP) is 1.12. The van der Waals surface area contributed by atoms with Crippen molar-refractivity contribution < 1.29 is 17.9 Å². The zero-order valence-corrected chi connectivity index (χ0v) is 16.2. The SMILES string of the molecule is CCOC(=O)[C@]12CCCN(Cc3ccccn3)C[C@H]1CN(S(C)(=O)=O)C2. The molecular weight excluding hydrogens is 354 g/mol.